The van der Waals surface area contributed by atoms with Crippen LogP contribution in [0.2, 0.25) is 0 Å². The molecule has 0 bridgehead atoms. The summed E-state index contributed by atoms with van der Waals surface area (Å²) in [6.45, 7) is 2.91. The van der Waals surface area contributed by atoms with Gasteiger partial charge in [0.1, 0.15) is 11.5 Å². The molecule has 8 heteroatoms. The molecule has 33 heavy (non-hydrogen) atoms. The second-order valence-electron chi connectivity index (χ2n) is 8.28. The molecule has 0 amide bonds. The quantitative estimate of drug-likeness (QED) is 0.455. The van der Waals surface area contributed by atoms with Crippen LogP contribution < -0.4 is 5.32 Å². The highest BCUT2D eigenvalue weighted by Gasteiger charge is 2.16. The maximum atomic E-state index is 11.6. The normalized spacial score (nSPS) is 15.2. The van der Waals surface area contributed by atoms with Crippen molar-refractivity contribution in [1.82, 2.24) is 24.4 Å². The number of nitrogens with zero attached hydrogens (tertiary/aromatic N) is 5. The fourth-order valence-electron chi connectivity index (χ4n) is 4.31. The number of hydrogen-bond acceptors (Lipinski definition) is 6. The fraction of sp³-hybridized carbons (Fsp3) is 0.320. The predicted molar refractivity (Wildman–Crippen MR) is 134 cm³/mol. The summed E-state index contributed by atoms with van der Waals surface area (Å²) in [6, 6.07) is 12.3. The largest absolute Gasteiger partial charge is 0.373 e. The van der Waals surface area contributed by atoms with E-state index in [1.54, 1.807) is 6.20 Å². The maximum absolute atomic E-state index is 11.6. The average Bonchev–Trinajstić information content (AvgIpc) is 3.24. The zero-order valence-corrected chi connectivity index (χ0v) is 19.6. The van der Waals surface area contributed by atoms with Crippen LogP contribution in [0.4, 0.5) is 5.82 Å². The number of rotatable bonds is 7. The second-order valence-corrected chi connectivity index (χ2v) is 9.97. The van der Waals surface area contributed by atoms with E-state index in [0.29, 0.717) is 0 Å². The zero-order chi connectivity index (χ0) is 22.6. The van der Waals surface area contributed by atoms with Crippen molar-refractivity contribution in [2.45, 2.75) is 12.8 Å². The number of aromatic nitrogens is 4. The van der Waals surface area contributed by atoms with Crippen LogP contribution in [0, 0.1) is 0 Å². The van der Waals surface area contributed by atoms with Gasteiger partial charge in [-0.1, -0.05) is 0 Å². The summed E-state index contributed by atoms with van der Waals surface area (Å²) in [4.78, 5) is 16.2. The standard InChI is InChI=1S/C25H28N6OS/c1-26-24-9-6-19(16-28-24)23-8-7-22-20(4-3-11-30-12-14-33(32)15-13-30)18-31(25(22)29-23)21-5-2-10-27-17-21/h2,5-10,16-18H,3-4,11-15H2,1H3,(H,26,28). The van der Waals surface area contributed by atoms with Crippen molar-refractivity contribution >= 4 is 27.7 Å². The van der Waals surface area contributed by atoms with E-state index in [2.05, 4.69) is 49.1 Å². The molecule has 1 N–H and O–H groups in total. The molecule has 1 aliphatic rings. The average molecular weight is 461 g/mol. The van der Waals surface area contributed by atoms with Gasteiger partial charge in [0.15, 0.2) is 0 Å². The molecule has 4 aromatic rings. The minimum atomic E-state index is -0.626. The van der Waals surface area contributed by atoms with Crippen molar-refractivity contribution < 1.29 is 4.21 Å². The molecular weight excluding hydrogens is 432 g/mol. The van der Waals surface area contributed by atoms with Gasteiger partial charge in [0, 0.05) is 72.0 Å². The van der Waals surface area contributed by atoms with Gasteiger partial charge in [0.2, 0.25) is 0 Å². The Kier molecular flexibility index (Phi) is 6.46. The van der Waals surface area contributed by atoms with E-state index in [1.165, 1.54) is 10.9 Å². The van der Waals surface area contributed by atoms with Gasteiger partial charge >= 0.3 is 0 Å². The van der Waals surface area contributed by atoms with Gasteiger partial charge in [0.25, 0.3) is 0 Å². The van der Waals surface area contributed by atoms with Crippen LogP contribution >= 0.6 is 0 Å². The summed E-state index contributed by atoms with van der Waals surface area (Å²) < 4.78 is 13.8. The maximum Gasteiger partial charge on any atom is 0.145 e. The van der Waals surface area contributed by atoms with Gasteiger partial charge in [-0.15, -0.1) is 0 Å². The Bertz CT molecular complexity index is 1250. The van der Waals surface area contributed by atoms with Gasteiger partial charge in [-0.3, -0.25) is 13.8 Å². The first kappa shape index (κ1) is 21.7. The SMILES string of the molecule is CNc1ccc(-c2ccc3c(CCCN4CCS(=O)CC4)cn(-c4cccnc4)c3n2)cn1. The lowest BCUT2D eigenvalue weighted by Gasteiger charge is -2.25. The smallest absolute Gasteiger partial charge is 0.145 e. The summed E-state index contributed by atoms with van der Waals surface area (Å²) in [5.74, 6) is 2.44. The molecule has 0 unspecified atom stereocenters. The van der Waals surface area contributed by atoms with E-state index in [1.807, 2.05) is 37.6 Å². The van der Waals surface area contributed by atoms with Crippen LogP contribution in [-0.4, -0.2) is 66.8 Å². The van der Waals surface area contributed by atoms with Crippen LogP contribution in [0.1, 0.15) is 12.0 Å². The van der Waals surface area contributed by atoms with Crippen molar-refractivity contribution in [1.29, 1.82) is 0 Å². The van der Waals surface area contributed by atoms with Gasteiger partial charge in [-0.2, -0.15) is 0 Å². The Hall–Kier alpha value is -3.10. The fourth-order valence-corrected chi connectivity index (χ4v) is 5.44. The first-order valence-electron chi connectivity index (χ1n) is 11.3. The third kappa shape index (κ3) is 4.82. The molecule has 0 aromatic carbocycles. The number of hydrogen-bond donors (Lipinski definition) is 1. The van der Waals surface area contributed by atoms with E-state index < -0.39 is 10.8 Å². The molecule has 1 fully saturated rings. The third-order valence-electron chi connectivity index (χ3n) is 6.16. The molecule has 5 heterocycles. The Labute approximate surface area is 196 Å². The Morgan fingerprint density at radius 1 is 1.09 bits per heavy atom. The van der Waals surface area contributed by atoms with Crippen molar-refractivity contribution in [3.8, 4) is 16.9 Å². The monoisotopic (exact) mass is 460 g/mol. The van der Waals surface area contributed by atoms with Gasteiger partial charge in [-0.05, 0) is 61.3 Å². The Balaban J connectivity index is 1.44. The Morgan fingerprint density at radius 2 is 1.97 bits per heavy atom. The van der Waals surface area contributed by atoms with Crippen molar-refractivity contribution in [2.24, 2.45) is 0 Å². The topological polar surface area (TPSA) is 75.9 Å². The van der Waals surface area contributed by atoms with Crippen LogP contribution in [0.3, 0.4) is 0 Å². The van der Waals surface area contributed by atoms with Crippen molar-refractivity contribution in [2.75, 3.05) is 43.5 Å². The Morgan fingerprint density at radius 3 is 2.70 bits per heavy atom. The molecule has 0 spiro atoms. The highest BCUT2D eigenvalue weighted by molar-refractivity contribution is 7.85. The number of aryl methyl sites for hydroxylation is 1. The lowest BCUT2D eigenvalue weighted by Crippen LogP contribution is -2.38. The van der Waals surface area contributed by atoms with Crippen LogP contribution in [0.15, 0.2) is 61.2 Å². The van der Waals surface area contributed by atoms with Crippen LogP contribution in [0.5, 0.6) is 0 Å². The minimum Gasteiger partial charge on any atom is -0.373 e. The summed E-state index contributed by atoms with van der Waals surface area (Å²) in [7, 11) is 1.24. The van der Waals surface area contributed by atoms with Gasteiger partial charge < -0.3 is 10.2 Å². The van der Waals surface area contributed by atoms with E-state index in [9.17, 15) is 4.21 Å². The summed E-state index contributed by atoms with van der Waals surface area (Å²) >= 11 is 0. The van der Waals surface area contributed by atoms with Crippen molar-refractivity contribution in [3.63, 3.8) is 0 Å². The highest BCUT2D eigenvalue weighted by atomic mass is 32.2. The molecule has 170 valence electrons. The summed E-state index contributed by atoms with van der Waals surface area (Å²) in [5.41, 5.74) is 5.10. The lowest BCUT2D eigenvalue weighted by molar-refractivity contribution is 0.296. The molecule has 1 saturated heterocycles. The number of fused-ring (bicyclic) bond motifs is 1. The number of pyridine rings is 3. The van der Waals surface area contributed by atoms with E-state index in [0.717, 1.165) is 72.4 Å². The number of nitrogens with one attached hydrogen (secondary N) is 1. The molecule has 1 aliphatic heterocycles. The summed E-state index contributed by atoms with van der Waals surface area (Å²) in [6.07, 6.45) is 9.75. The molecular formula is C25H28N6OS. The first-order valence-corrected chi connectivity index (χ1v) is 12.8. The minimum absolute atomic E-state index is 0.626. The molecule has 0 saturated carbocycles. The van der Waals surface area contributed by atoms with E-state index >= 15 is 0 Å². The number of anilines is 1. The van der Waals surface area contributed by atoms with Gasteiger partial charge in [-0.25, -0.2) is 9.97 Å². The molecule has 4 aromatic heterocycles. The molecule has 5 rings (SSSR count). The zero-order valence-electron chi connectivity index (χ0n) is 18.8. The van der Waals surface area contributed by atoms with Crippen LogP contribution in [0.25, 0.3) is 28.0 Å². The van der Waals surface area contributed by atoms with Gasteiger partial charge in [0.05, 0.1) is 17.6 Å². The molecule has 0 atom stereocenters. The van der Waals surface area contributed by atoms with E-state index in [-0.39, 0.29) is 0 Å². The predicted octanol–water partition coefficient (Wildman–Crippen LogP) is 3.52. The van der Waals surface area contributed by atoms with Crippen LogP contribution in [-0.2, 0) is 17.2 Å². The lowest BCUT2D eigenvalue weighted by atomic mass is 10.1. The molecule has 0 radical (unpaired) electrons. The van der Waals surface area contributed by atoms with E-state index in [4.69, 9.17) is 4.98 Å². The highest BCUT2D eigenvalue weighted by Crippen LogP contribution is 2.28. The molecule has 0 aliphatic carbocycles. The first-order chi connectivity index (χ1) is 16.2. The third-order valence-corrected chi connectivity index (χ3v) is 7.44. The molecule has 7 nitrogen and oxygen atoms in total. The summed E-state index contributed by atoms with van der Waals surface area (Å²) in [5, 5.41) is 4.22. The second kappa shape index (κ2) is 9.80. The van der Waals surface area contributed by atoms with Crippen molar-refractivity contribution in [3.05, 3.63) is 66.7 Å².